The van der Waals surface area contributed by atoms with E-state index in [1.807, 2.05) is 12.1 Å². The maximum atomic E-state index is 5.90. The molecule has 0 bridgehead atoms. The third kappa shape index (κ3) is 2.18. The lowest BCUT2D eigenvalue weighted by molar-refractivity contribution is -0.0923. The number of nitrogens with one attached hydrogen (secondary N) is 1. The van der Waals surface area contributed by atoms with Gasteiger partial charge in [0.15, 0.2) is 0 Å². The van der Waals surface area contributed by atoms with Crippen molar-refractivity contribution in [2.24, 2.45) is 11.3 Å². The first-order valence-electron chi connectivity index (χ1n) is 7.64. The summed E-state index contributed by atoms with van der Waals surface area (Å²) >= 11 is 0. The highest BCUT2D eigenvalue weighted by Gasteiger charge is 2.59. The molecule has 1 saturated heterocycles. The molecule has 0 spiro atoms. The van der Waals surface area contributed by atoms with Crippen molar-refractivity contribution in [2.75, 3.05) is 11.9 Å². The third-order valence-electron chi connectivity index (χ3n) is 4.66. The SMILES string of the molecule is CC(C)Oc1ccccc1NC1C2CCOC2C1(C)C. The molecule has 0 amide bonds. The Kier molecular flexibility index (Phi) is 3.41. The van der Waals surface area contributed by atoms with E-state index < -0.39 is 0 Å². The van der Waals surface area contributed by atoms with Crippen LogP contribution >= 0.6 is 0 Å². The summed E-state index contributed by atoms with van der Waals surface area (Å²) in [6.45, 7) is 9.61. The lowest BCUT2D eigenvalue weighted by atomic mass is 9.57. The average molecular weight is 275 g/mol. The summed E-state index contributed by atoms with van der Waals surface area (Å²) in [5.74, 6) is 1.58. The van der Waals surface area contributed by atoms with Crippen LogP contribution < -0.4 is 10.1 Å². The van der Waals surface area contributed by atoms with E-state index in [0.29, 0.717) is 18.1 Å². The zero-order valence-corrected chi connectivity index (χ0v) is 12.8. The van der Waals surface area contributed by atoms with Crippen LogP contribution in [0.15, 0.2) is 24.3 Å². The van der Waals surface area contributed by atoms with Gasteiger partial charge in [-0.2, -0.15) is 0 Å². The lowest BCUT2D eigenvalue weighted by Gasteiger charge is -2.55. The Hall–Kier alpha value is -1.22. The maximum absolute atomic E-state index is 5.90. The minimum absolute atomic E-state index is 0.187. The van der Waals surface area contributed by atoms with Crippen molar-refractivity contribution in [1.29, 1.82) is 0 Å². The molecule has 1 saturated carbocycles. The van der Waals surface area contributed by atoms with Gasteiger partial charge in [0.2, 0.25) is 0 Å². The van der Waals surface area contributed by atoms with E-state index in [-0.39, 0.29) is 11.5 Å². The van der Waals surface area contributed by atoms with E-state index in [1.165, 1.54) is 6.42 Å². The van der Waals surface area contributed by atoms with Gasteiger partial charge < -0.3 is 14.8 Å². The van der Waals surface area contributed by atoms with Crippen molar-refractivity contribution in [3.8, 4) is 5.75 Å². The Morgan fingerprint density at radius 2 is 2.05 bits per heavy atom. The van der Waals surface area contributed by atoms with Crippen LogP contribution in [0, 0.1) is 11.3 Å². The van der Waals surface area contributed by atoms with Crippen LogP contribution in [-0.2, 0) is 4.74 Å². The van der Waals surface area contributed by atoms with Crippen LogP contribution in [0.1, 0.15) is 34.1 Å². The Morgan fingerprint density at radius 3 is 2.80 bits per heavy atom. The van der Waals surface area contributed by atoms with Crippen LogP contribution in [-0.4, -0.2) is 24.9 Å². The van der Waals surface area contributed by atoms with Crippen LogP contribution in [0.3, 0.4) is 0 Å². The summed E-state index contributed by atoms with van der Waals surface area (Å²) in [6, 6.07) is 8.69. The molecule has 1 aliphatic carbocycles. The quantitative estimate of drug-likeness (QED) is 0.909. The van der Waals surface area contributed by atoms with Crippen molar-refractivity contribution < 1.29 is 9.47 Å². The van der Waals surface area contributed by atoms with Crippen LogP contribution in [0.5, 0.6) is 5.75 Å². The minimum Gasteiger partial charge on any atom is -0.489 e. The first-order chi connectivity index (χ1) is 9.50. The summed E-state index contributed by atoms with van der Waals surface area (Å²) in [4.78, 5) is 0. The smallest absolute Gasteiger partial charge is 0.142 e. The fourth-order valence-corrected chi connectivity index (χ4v) is 3.73. The standard InChI is InChI=1S/C17H25NO2/c1-11(2)20-14-8-6-5-7-13(14)18-15-12-9-10-19-16(12)17(15,3)4/h5-8,11-12,15-16,18H,9-10H2,1-4H3. The van der Waals surface area contributed by atoms with E-state index in [9.17, 15) is 0 Å². The number of para-hydroxylation sites is 2. The molecule has 3 rings (SSSR count). The predicted molar refractivity (Wildman–Crippen MR) is 81.2 cm³/mol. The highest BCUT2D eigenvalue weighted by molar-refractivity contribution is 5.57. The lowest BCUT2D eigenvalue weighted by Crippen LogP contribution is -2.63. The number of benzene rings is 1. The molecule has 1 aromatic rings. The first kappa shape index (κ1) is 13.7. The van der Waals surface area contributed by atoms with Gasteiger partial charge in [0, 0.05) is 24.0 Å². The molecule has 110 valence electrons. The molecular weight excluding hydrogens is 250 g/mol. The van der Waals surface area contributed by atoms with Crippen molar-refractivity contribution >= 4 is 5.69 Å². The molecule has 20 heavy (non-hydrogen) atoms. The molecule has 3 atom stereocenters. The van der Waals surface area contributed by atoms with Gasteiger partial charge in [0.1, 0.15) is 5.75 Å². The summed E-state index contributed by atoms with van der Waals surface area (Å²) in [7, 11) is 0. The second-order valence-corrected chi connectivity index (χ2v) is 6.85. The van der Waals surface area contributed by atoms with Gasteiger partial charge in [-0.1, -0.05) is 26.0 Å². The van der Waals surface area contributed by atoms with Gasteiger partial charge in [-0.15, -0.1) is 0 Å². The Morgan fingerprint density at radius 1 is 1.30 bits per heavy atom. The number of hydrogen-bond acceptors (Lipinski definition) is 3. The monoisotopic (exact) mass is 275 g/mol. The fraction of sp³-hybridized carbons (Fsp3) is 0.647. The number of anilines is 1. The summed E-state index contributed by atoms with van der Waals surface area (Å²) in [5.41, 5.74) is 1.29. The molecule has 1 aliphatic heterocycles. The molecule has 0 radical (unpaired) electrons. The number of ether oxygens (including phenoxy) is 2. The third-order valence-corrected chi connectivity index (χ3v) is 4.66. The molecular formula is C17H25NO2. The molecule has 2 fully saturated rings. The van der Waals surface area contributed by atoms with Crippen molar-refractivity contribution in [3.05, 3.63) is 24.3 Å². The molecule has 1 N–H and O–H groups in total. The molecule has 3 unspecified atom stereocenters. The summed E-state index contributed by atoms with van der Waals surface area (Å²) in [5, 5.41) is 3.71. The van der Waals surface area contributed by atoms with Gasteiger partial charge in [-0.3, -0.25) is 0 Å². The van der Waals surface area contributed by atoms with E-state index in [0.717, 1.165) is 18.0 Å². The van der Waals surface area contributed by atoms with Gasteiger partial charge in [-0.05, 0) is 32.4 Å². The van der Waals surface area contributed by atoms with Crippen molar-refractivity contribution in [1.82, 2.24) is 0 Å². The molecule has 3 heteroatoms. The van der Waals surface area contributed by atoms with Gasteiger partial charge in [0.05, 0.1) is 17.9 Å². The van der Waals surface area contributed by atoms with Crippen LogP contribution in [0.4, 0.5) is 5.69 Å². The van der Waals surface area contributed by atoms with Gasteiger partial charge in [-0.25, -0.2) is 0 Å². The number of fused-ring (bicyclic) bond motifs is 1. The minimum atomic E-state index is 0.187. The maximum Gasteiger partial charge on any atom is 0.142 e. The second-order valence-electron chi connectivity index (χ2n) is 6.85. The largest absolute Gasteiger partial charge is 0.489 e. The summed E-state index contributed by atoms with van der Waals surface area (Å²) in [6.07, 6.45) is 1.77. The molecule has 3 nitrogen and oxygen atoms in total. The zero-order chi connectivity index (χ0) is 14.3. The highest BCUT2D eigenvalue weighted by atomic mass is 16.5. The molecule has 2 aliphatic rings. The average Bonchev–Trinajstić information content (AvgIpc) is 2.83. The van der Waals surface area contributed by atoms with E-state index in [1.54, 1.807) is 0 Å². The number of rotatable bonds is 4. The van der Waals surface area contributed by atoms with Crippen LogP contribution in [0.2, 0.25) is 0 Å². The molecule has 1 aromatic carbocycles. The summed E-state index contributed by atoms with van der Waals surface area (Å²) < 4.78 is 11.8. The zero-order valence-electron chi connectivity index (χ0n) is 12.8. The molecule has 0 aromatic heterocycles. The normalized spacial score (nSPS) is 30.8. The Balaban J connectivity index is 1.78. The first-order valence-corrected chi connectivity index (χ1v) is 7.64. The number of hydrogen-bond donors (Lipinski definition) is 1. The predicted octanol–water partition coefficient (Wildman–Crippen LogP) is 3.70. The highest BCUT2D eigenvalue weighted by Crippen LogP contribution is 2.53. The Bertz CT molecular complexity index is 484. The van der Waals surface area contributed by atoms with Gasteiger partial charge >= 0.3 is 0 Å². The topological polar surface area (TPSA) is 30.5 Å². The van der Waals surface area contributed by atoms with Crippen molar-refractivity contribution in [2.45, 2.75) is 52.4 Å². The Labute approximate surface area is 121 Å². The van der Waals surface area contributed by atoms with E-state index >= 15 is 0 Å². The van der Waals surface area contributed by atoms with E-state index in [2.05, 4.69) is 45.1 Å². The fourth-order valence-electron chi connectivity index (χ4n) is 3.73. The molecule has 1 heterocycles. The second kappa shape index (κ2) is 4.96. The van der Waals surface area contributed by atoms with Crippen LogP contribution in [0.25, 0.3) is 0 Å². The van der Waals surface area contributed by atoms with Gasteiger partial charge in [0.25, 0.3) is 0 Å². The van der Waals surface area contributed by atoms with E-state index in [4.69, 9.17) is 9.47 Å². The van der Waals surface area contributed by atoms with Crippen molar-refractivity contribution in [3.63, 3.8) is 0 Å².